The summed E-state index contributed by atoms with van der Waals surface area (Å²) in [5.41, 5.74) is 3.25. The van der Waals surface area contributed by atoms with E-state index in [1.54, 1.807) is 0 Å². The van der Waals surface area contributed by atoms with E-state index in [0.717, 1.165) is 32.9 Å². The molecule has 0 aliphatic heterocycles. The van der Waals surface area contributed by atoms with Crippen LogP contribution in [0, 0.1) is 6.92 Å². The largest absolute Gasteiger partial charge is 0.308 e. The summed E-state index contributed by atoms with van der Waals surface area (Å²) in [4.78, 5) is 0. The number of nitrogens with zero attached hydrogens (tertiary/aromatic N) is 2. The van der Waals surface area contributed by atoms with Gasteiger partial charge in [0, 0.05) is 11.6 Å². The molecule has 0 amide bonds. The maximum atomic E-state index is 6.45. The van der Waals surface area contributed by atoms with Crippen LogP contribution in [0.3, 0.4) is 0 Å². The Balaban J connectivity index is 2.56. The fourth-order valence-electron chi connectivity index (χ4n) is 2.24. The zero-order chi connectivity index (χ0) is 14.0. The molecule has 2 aromatic rings. The van der Waals surface area contributed by atoms with Crippen molar-refractivity contribution in [3.05, 3.63) is 50.7 Å². The molecule has 19 heavy (non-hydrogen) atoms. The molecule has 1 heterocycles. The minimum Gasteiger partial charge on any atom is -0.308 e. The molecule has 1 atom stereocenters. The van der Waals surface area contributed by atoms with E-state index in [9.17, 15) is 0 Å². The van der Waals surface area contributed by atoms with E-state index >= 15 is 0 Å². The first-order valence-corrected chi connectivity index (χ1v) is 7.40. The zero-order valence-corrected chi connectivity index (χ0v) is 13.6. The standard InChI is InChI=1S/C14H17BrClN3/c1-4-19-14(11(15)8-18-19)13(17-3)10-7-5-6-9(2)12(10)16/h5-8,13,17H,4H2,1-3H3. The molecule has 0 aliphatic rings. The van der Waals surface area contributed by atoms with Gasteiger partial charge in [0.25, 0.3) is 0 Å². The lowest BCUT2D eigenvalue weighted by molar-refractivity contribution is 0.561. The van der Waals surface area contributed by atoms with E-state index in [1.807, 2.05) is 37.0 Å². The first-order valence-electron chi connectivity index (χ1n) is 6.23. The predicted octanol–water partition coefficient (Wildman–Crippen LogP) is 3.94. The number of hydrogen-bond acceptors (Lipinski definition) is 2. The second-order valence-electron chi connectivity index (χ2n) is 4.39. The molecule has 3 nitrogen and oxygen atoms in total. The van der Waals surface area contributed by atoms with Crippen molar-refractivity contribution < 1.29 is 0 Å². The van der Waals surface area contributed by atoms with Gasteiger partial charge in [-0.15, -0.1) is 0 Å². The fraction of sp³-hybridized carbons (Fsp3) is 0.357. The van der Waals surface area contributed by atoms with Crippen LogP contribution in [0.2, 0.25) is 5.02 Å². The Labute approximate surface area is 127 Å². The summed E-state index contributed by atoms with van der Waals surface area (Å²) in [5, 5.41) is 8.50. The van der Waals surface area contributed by atoms with E-state index in [1.165, 1.54) is 0 Å². The second-order valence-corrected chi connectivity index (χ2v) is 5.63. The van der Waals surface area contributed by atoms with E-state index in [-0.39, 0.29) is 6.04 Å². The Bertz CT molecular complexity index is 580. The highest BCUT2D eigenvalue weighted by molar-refractivity contribution is 9.10. The summed E-state index contributed by atoms with van der Waals surface area (Å²) >= 11 is 10.0. The van der Waals surface area contributed by atoms with E-state index < -0.39 is 0 Å². The Morgan fingerprint density at radius 3 is 2.84 bits per heavy atom. The number of nitrogens with one attached hydrogen (secondary N) is 1. The highest BCUT2D eigenvalue weighted by Crippen LogP contribution is 2.33. The third-order valence-corrected chi connectivity index (χ3v) is 4.35. The molecule has 1 aromatic heterocycles. The molecule has 2 rings (SSSR count). The van der Waals surface area contributed by atoms with Gasteiger partial charge in [0.05, 0.1) is 22.4 Å². The highest BCUT2D eigenvalue weighted by atomic mass is 79.9. The highest BCUT2D eigenvalue weighted by Gasteiger charge is 2.22. The zero-order valence-electron chi connectivity index (χ0n) is 11.2. The van der Waals surface area contributed by atoms with Crippen LogP contribution in [0.5, 0.6) is 0 Å². The van der Waals surface area contributed by atoms with Crippen LogP contribution in [0.25, 0.3) is 0 Å². The number of benzene rings is 1. The molecule has 0 saturated heterocycles. The van der Waals surface area contributed by atoms with Gasteiger partial charge in [-0.05, 0) is 48.0 Å². The summed E-state index contributed by atoms with van der Waals surface area (Å²) in [6, 6.07) is 6.12. The smallest absolute Gasteiger partial charge is 0.0772 e. The molecule has 0 spiro atoms. The predicted molar refractivity (Wildman–Crippen MR) is 82.7 cm³/mol. The van der Waals surface area contributed by atoms with Crippen molar-refractivity contribution in [2.45, 2.75) is 26.4 Å². The van der Waals surface area contributed by atoms with Crippen molar-refractivity contribution in [3.8, 4) is 0 Å². The monoisotopic (exact) mass is 341 g/mol. The van der Waals surface area contributed by atoms with Crippen LogP contribution < -0.4 is 5.32 Å². The van der Waals surface area contributed by atoms with Crippen LogP contribution in [0.1, 0.15) is 29.8 Å². The minimum atomic E-state index is 0.0178. The summed E-state index contributed by atoms with van der Waals surface area (Å²) in [6.45, 7) is 4.92. The molecule has 1 unspecified atom stereocenters. The molecule has 0 saturated carbocycles. The van der Waals surface area contributed by atoms with Crippen molar-refractivity contribution in [3.63, 3.8) is 0 Å². The second kappa shape index (κ2) is 6.07. The van der Waals surface area contributed by atoms with Crippen LogP contribution in [0.15, 0.2) is 28.9 Å². The van der Waals surface area contributed by atoms with Crippen LogP contribution in [-0.2, 0) is 6.54 Å². The first kappa shape index (κ1) is 14.6. The molecular weight excluding hydrogens is 326 g/mol. The molecule has 1 N–H and O–H groups in total. The topological polar surface area (TPSA) is 29.9 Å². The van der Waals surface area contributed by atoms with Gasteiger partial charge in [-0.1, -0.05) is 29.8 Å². The average Bonchev–Trinajstić information content (AvgIpc) is 2.77. The number of hydrogen-bond donors (Lipinski definition) is 1. The number of rotatable bonds is 4. The number of aryl methyl sites for hydroxylation is 2. The van der Waals surface area contributed by atoms with Crippen molar-refractivity contribution >= 4 is 27.5 Å². The lowest BCUT2D eigenvalue weighted by Crippen LogP contribution is -2.22. The molecule has 0 aliphatic carbocycles. The van der Waals surface area contributed by atoms with Gasteiger partial charge in [0.2, 0.25) is 0 Å². The van der Waals surface area contributed by atoms with Crippen LogP contribution >= 0.6 is 27.5 Å². The molecule has 0 bridgehead atoms. The van der Waals surface area contributed by atoms with Gasteiger partial charge >= 0.3 is 0 Å². The third-order valence-electron chi connectivity index (χ3n) is 3.23. The van der Waals surface area contributed by atoms with Crippen molar-refractivity contribution in [2.75, 3.05) is 7.05 Å². The number of aromatic nitrogens is 2. The SMILES string of the molecule is CCn1ncc(Br)c1C(NC)c1cccc(C)c1Cl. The Kier molecular flexibility index (Phi) is 4.66. The minimum absolute atomic E-state index is 0.0178. The molecule has 5 heteroatoms. The van der Waals surface area contributed by atoms with Gasteiger partial charge in [-0.3, -0.25) is 4.68 Å². The maximum absolute atomic E-state index is 6.45. The molecule has 102 valence electrons. The molecule has 1 aromatic carbocycles. The van der Waals surface area contributed by atoms with E-state index in [4.69, 9.17) is 11.6 Å². The summed E-state index contributed by atoms with van der Waals surface area (Å²) in [7, 11) is 1.93. The van der Waals surface area contributed by atoms with Crippen LogP contribution in [0.4, 0.5) is 0 Å². The molecular formula is C14H17BrClN3. The summed E-state index contributed by atoms with van der Waals surface area (Å²) < 4.78 is 2.97. The van der Waals surface area contributed by atoms with Crippen LogP contribution in [-0.4, -0.2) is 16.8 Å². The van der Waals surface area contributed by atoms with Crippen molar-refractivity contribution in [2.24, 2.45) is 0 Å². The number of halogens is 2. The normalized spacial score (nSPS) is 12.7. The maximum Gasteiger partial charge on any atom is 0.0772 e. The van der Waals surface area contributed by atoms with Crippen molar-refractivity contribution in [1.29, 1.82) is 0 Å². The van der Waals surface area contributed by atoms with Gasteiger partial charge in [0.1, 0.15) is 0 Å². The van der Waals surface area contributed by atoms with Crippen molar-refractivity contribution in [1.82, 2.24) is 15.1 Å². The molecule has 0 fully saturated rings. The summed E-state index contributed by atoms with van der Waals surface area (Å²) in [5.74, 6) is 0. The van der Waals surface area contributed by atoms with Gasteiger partial charge in [-0.2, -0.15) is 5.10 Å². The van der Waals surface area contributed by atoms with Gasteiger partial charge < -0.3 is 5.32 Å². The Hall–Kier alpha value is -0.840. The lowest BCUT2D eigenvalue weighted by atomic mass is 10.0. The first-order chi connectivity index (χ1) is 9.10. The van der Waals surface area contributed by atoms with E-state index in [0.29, 0.717) is 0 Å². The van der Waals surface area contributed by atoms with Gasteiger partial charge in [0.15, 0.2) is 0 Å². The quantitative estimate of drug-likeness (QED) is 0.912. The summed E-state index contributed by atoms with van der Waals surface area (Å²) in [6.07, 6.45) is 1.83. The molecule has 0 radical (unpaired) electrons. The third kappa shape index (κ3) is 2.71. The fourth-order valence-corrected chi connectivity index (χ4v) is 3.00. The lowest BCUT2D eigenvalue weighted by Gasteiger charge is -2.20. The average molecular weight is 343 g/mol. The van der Waals surface area contributed by atoms with E-state index in [2.05, 4.69) is 39.3 Å². The van der Waals surface area contributed by atoms with Gasteiger partial charge in [-0.25, -0.2) is 0 Å². The Morgan fingerprint density at radius 1 is 1.47 bits per heavy atom. The Morgan fingerprint density at radius 2 is 2.21 bits per heavy atom.